The average molecular weight is 443 g/mol. The number of likely N-dealkylation sites (tertiary alicyclic amines) is 1. The standard InChI is InChI=1S/C24H34N4O2S/c29-23(28-12-8-21(9-13-28)26-15-17-31-18-16-26)19-22-24(30)25-10-14-27(22)11-4-7-20-5-2-1-3-6-20/h1-7,21-22H,8-19H2,(H,25,30)/b7-4+/t22-/m0/s1. The molecule has 0 aliphatic carbocycles. The van der Waals surface area contributed by atoms with E-state index in [2.05, 4.69) is 39.4 Å². The lowest BCUT2D eigenvalue weighted by atomic mass is 10.0. The van der Waals surface area contributed by atoms with E-state index < -0.39 is 0 Å². The van der Waals surface area contributed by atoms with Crippen LogP contribution in [0.1, 0.15) is 24.8 Å². The van der Waals surface area contributed by atoms with Crippen LogP contribution in [0.5, 0.6) is 0 Å². The number of amides is 2. The number of carbonyl (C=O) groups is 2. The fourth-order valence-corrected chi connectivity index (χ4v) is 5.74. The summed E-state index contributed by atoms with van der Waals surface area (Å²) in [5.74, 6) is 2.55. The van der Waals surface area contributed by atoms with Crippen LogP contribution in [0.2, 0.25) is 0 Å². The Morgan fingerprint density at radius 1 is 1.06 bits per heavy atom. The fourth-order valence-electron chi connectivity index (χ4n) is 4.81. The van der Waals surface area contributed by atoms with Crippen molar-refractivity contribution >= 4 is 29.7 Å². The molecule has 2 amide bonds. The van der Waals surface area contributed by atoms with Gasteiger partial charge in [0.1, 0.15) is 0 Å². The molecule has 0 bridgehead atoms. The van der Waals surface area contributed by atoms with Crippen molar-refractivity contribution in [1.82, 2.24) is 20.0 Å². The summed E-state index contributed by atoms with van der Waals surface area (Å²) in [4.78, 5) is 32.3. The molecule has 4 rings (SSSR count). The van der Waals surface area contributed by atoms with Crippen molar-refractivity contribution in [2.75, 3.05) is 57.3 Å². The Hall–Kier alpha value is -1.83. The zero-order chi connectivity index (χ0) is 21.5. The monoisotopic (exact) mass is 442 g/mol. The van der Waals surface area contributed by atoms with Crippen LogP contribution in [0.25, 0.3) is 6.08 Å². The van der Waals surface area contributed by atoms with Crippen molar-refractivity contribution in [3.05, 3.63) is 42.0 Å². The van der Waals surface area contributed by atoms with Crippen LogP contribution in [0, 0.1) is 0 Å². The topological polar surface area (TPSA) is 55.9 Å². The first kappa shape index (κ1) is 22.4. The van der Waals surface area contributed by atoms with Crippen molar-refractivity contribution in [2.45, 2.75) is 31.3 Å². The highest BCUT2D eigenvalue weighted by Gasteiger charge is 2.34. The molecule has 0 radical (unpaired) electrons. The summed E-state index contributed by atoms with van der Waals surface area (Å²) >= 11 is 2.04. The maximum atomic E-state index is 13.0. The van der Waals surface area contributed by atoms with Gasteiger partial charge in [-0.3, -0.25) is 19.4 Å². The minimum Gasteiger partial charge on any atom is -0.353 e. The van der Waals surface area contributed by atoms with Gasteiger partial charge in [-0.05, 0) is 18.4 Å². The third kappa shape index (κ3) is 6.11. The molecule has 3 fully saturated rings. The van der Waals surface area contributed by atoms with E-state index >= 15 is 0 Å². The molecule has 168 valence electrons. The Kier molecular flexibility index (Phi) is 8.05. The summed E-state index contributed by atoms with van der Waals surface area (Å²) < 4.78 is 0. The molecule has 0 unspecified atom stereocenters. The van der Waals surface area contributed by atoms with E-state index in [1.54, 1.807) is 0 Å². The molecule has 3 heterocycles. The van der Waals surface area contributed by atoms with E-state index in [-0.39, 0.29) is 24.3 Å². The third-order valence-corrected chi connectivity index (χ3v) is 7.58. The van der Waals surface area contributed by atoms with Gasteiger partial charge in [-0.2, -0.15) is 11.8 Å². The number of hydrogen-bond donors (Lipinski definition) is 1. The van der Waals surface area contributed by atoms with Gasteiger partial charge in [0.25, 0.3) is 0 Å². The lowest BCUT2D eigenvalue weighted by Gasteiger charge is -2.41. The summed E-state index contributed by atoms with van der Waals surface area (Å²) in [6.45, 7) is 6.08. The highest BCUT2D eigenvalue weighted by molar-refractivity contribution is 7.99. The van der Waals surface area contributed by atoms with Gasteiger partial charge in [0.2, 0.25) is 11.8 Å². The fraction of sp³-hybridized carbons (Fsp3) is 0.583. The number of carbonyl (C=O) groups excluding carboxylic acids is 2. The molecule has 3 aliphatic heterocycles. The quantitative estimate of drug-likeness (QED) is 0.730. The number of rotatable bonds is 6. The van der Waals surface area contributed by atoms with Crippen LogP contribution in [0.4, 0.5) is 0 Å². The normalized spacial score (nSPS) is 24.5. The lowest BCUT2D eigenvalue weighted by Crippen LogP contribution is -2.57. The van der Waals surface area contributed by atoms with Crippen LogP contribution < -0.4 is 5.32 Å². The molecule has 3 aliphatic rings. The number of thioether (sulfide) groups is 1. The molecule has 1 aromatic rings. The number of benzene rings is 1. The predicted molar refractivity (Wildman–Crippen MR) is 127 cm³/mol. The molecule has 7 heteroatoms. The second-order valence-corrected chi connectivity index (χ2v) is 9.80. The number of nitrogens with one attached hydrogen (secondary N) is 1. The van der Waals surface area contributed by atoms with E-state index in [4.69, 9.17) is 0 Å². The second kappa shape index (κ2) is 11.2. The Balaban J connectivity index is 1.29. The largest absolute Gasteiger partial charge is 0.353 e. The number of piperazine rings is 1. The average Bonchev–Trinajstić information content (AvgIpc) is 2.82. The molecular weight excluding hydrogens is 408 g/mol. The summed E-state index contributed by atoms with van der Waals surface area (Å²) in [6, 6.07) is 10.4. The zero-order valence-electron chi connectivity index (χ0n) is 18.2. The molecular formula is C24H34N4O2S. The zero-order valence-corrected chi connectivity index (χ0v) is 19.1. The molecule has 0 spiro atoms. The van der Waals surface area contributed by atoms with E-state index in [9.17, 15) is 9.59 Å². The summed E-state index contributed by atoms with van der Waals surface area (Å²) in [5, 5.41) is 2.94. The predicted octanol–water partition coefficient (Wildman–Crippen LogP) is 1.93. The van der Waals surface area contributed by atoms with Gasteiger partial charge >= 0.3 is 0 Å². The first-order chi connectivity index (χ1) is 15.2. The lowest BCUT2D eigenvalue weighted by molar-refractivity contribution is -0.139. The molecule has 1 N–H and O–H groups in total. The van der Waals surface area contributed by atoms with Gasteiger partial charge < -0.3 is 10.2 Å². The molecule has 6 nitrogen and oxygen atoms in total. The molecule has 1 atom stereocenters. The van der Waals surface area contributed by atoms with Gasteiger partial charge in [0.15, 0.2) is 0 Å². The minimum atomic E-state index is -0.376. The van der Waals surface area contributed by atoms with Crippen LogP contribution in [0.3, 0.4) is 0 Å². The van der Waals surface area contributed by atoms with E-state index in [1.807, 2.05) is 34.9 Å². The number of piperidine rings is 1. The minimum absolute atomic E-state index is 0.0200. The second-order valence-electron chi connectivity index (χ2n) is 8.58. The smallest absolute Gasteiger partial charge is 0.237 e. The van der Waals surface area contributed by atoms with Crippen molar-refractivity contribution in [2.24, 2.45) is 0 Å². The van der Waals surface area contributed by atoms with Crippen LogP contribution in [0.15, 0.2) is 36.4 Å². The van der Waals surface area contributed by atoms with E-state index in [1.165, 1.54) is 24.6 Å². The van der Waals surface area contributed by atoms with Crippen molar-refractivity contribution in [1.29, 1.82) is 0 Å². The first-order valence-corrected chi connectivity index (χ1v) is 12.7. The molecule has 31 heavy (non-hydrogen) atoms. The van der Waals surface area contributed by atoms with Crippen molar-refractivity contribution < 1.29 is 9.59 Å². The number of hydrogen-bond acceptors (Lipinski definition) is 5. The summed E-state index contributed by atoms with van der Waals surface area (Å²) in [6.07, 6.45) is 6.55. The highest BCUT2D eigenvalue weighted by Crippen LogP contribution is 2.22. The Morgan fingerprint density at radius 3 is 2.55 bits per heavy atom. The molecule has 0 saturated carbocycles. The highest BCUT2D eigenvalue weighted by atomic mass is 32.2. The Morgan fingerprint density at radius 2 is 1.81 bits per heavy atom. The van der Waals surface area contributed by atoms with Gasteiger partial charge in [-0.1, -0.05) is 42.5 Å². The van der Waals surface area contributed by atoms with Crippen LogP contribution in [-0.4, -0.2) is 95.9 Å². The first-order valence-electron chi connectivity index (χ1n) is 11.5. The maximum absolute atomic E-state index is 13.0. The summed E-state index contributed by atoms with van der Waals surface area (Å²) in [5.41, 5.74) is 1.15. The van der Waals surface area contributed by atoms with Gasteiger partial charge in [-0.15, -0.1) is 0 Å². The van der Waals surface area contributed by atoms with Crippen molar-refractivity contribution in [3.63, 3.8) is 0 Å². The SMILES string of the molecule is O=C1NCCN(C/C=C/c2ccccc2)[C@H]1CC(=O)N1CCC(N2CCSCC2)CC1. The Bertz CT molecular complexity index is 758. The molecule has 3 saturated heterocycles. The van der Waals surface area contributed by atoms with Gasteiger partial charge in [-0.25, -0.2) is 0 Å². The van der Waals surface area contributed by atoms with Crippen molar-refractivity contribution in [3.8, 4) is 0 Å². The number of nitrogens with zero attached hydrogens (tertiary/aromatic N) is 3. The maximum Gasteiger partial charge on any atom is 0.237 e. The van der Waals surface area contributed by atoms with E-state index in [0.717, 1.165) is 38.0 Å². The van der Waals surface area contributed by atoms with E-state index in [0.29, 0.717) is 19.1 Å². The molecule has 0 aromatic heterocycles. The molecule has 1 aromatic carbocycles. The van der Waals surface area contributed by atoms with Gasteiger partial charge in [0, 0.05) is 63.4 Å². The summed E-state index contributed by atoms with van der Waals surface area (Å²) in [7, 11) is 0. The van der Waals surface area contributed by atoms with Gasteiger partial charge in [0.05, 0.1) is 12.5 Å². The Labute approximate surface area is 190 Å². The van der Waals surface area contributed by atoms with Crippen LogP contribution >= 0.6 is 11.8 Å². The third-order valence-electron chi connectivity index (χ3n) is 6.64. The van der Waals surface area contributed by atoms with Crippen LogP contribution in [-0.2, 0) is 9.59 Å².